The average Bonchev–Trinajstić information content (AvgIpc) is 3.09. The second-order valence-electron chi connectivity index (χ2n) is 6.83. The largest absolute Gasteiger partial charge is 0.330 e. The smallest absolute Gasteiger partial charge is 0.131 e. The number of rotatable bonds is 2. The zero-order chi connectivity index (χ0) is 12.8. The van der Waals surface area contributed by atoms with Crippen LogP contribution in [0.4, 0.5) is 0 Å². The van der Waals surface area contributed by atoms with E-state index in [9.17, 15) is 0 Å². The average molecular weight is 257 g/mol. The Morgan fingerprint density at radius 2 is 2.16 bits per heavy atom. The lowest BCUT2D eigenvalue weighted by molar-refractivity contribution is 0.400. The molecule has 4 rings (SSSR count). The van der Waals surface area contributed by atoms with Crippen LogP contribution in [0.25, 0.3) is 0 Å². The Kier molecular flexibility index (Phi) is 2.83. The van der Waals surface area contributed by atoms with Gasteiger partial charge in [0, 0.05) is 17.8 Å². The molecule has 1 aromatic rings. The molecular weight excluding hydrogens is 234 g/mol. The Morgan fingerprint density at radius 1 is 1.21 bits per heavy atom. The molecule has 3 aliphatic rings. The van der Waals surface area contributed by atoms with Crippen LogP contribution in [0.2, 0.25) is 0 Å². The third-order valence-corrected chi connectivity index (χ3v) is 5.67. The zero-order valence-electron chi connectivity index (χ0n) is 11.5. The van der Waals surface area contributed by atoms with Gasteiger partial charge in [-0.15, -0.1) is 0 Å². The predicted molar refractivity (Wildman–Crippen MR) is 74.8 cm³/mol. The summed E-state index contributed by atoms with van der Waals surface area (Å²) in [4.78, 5) is 9.64. The Labute approximate surface area is 115 Å². The van der Waals surface area contributed by atoms with Gasteiger partial charge in [0.2, 0.25) is 0 Å². The normalized spacial score (nSPS) is 36.5. The first-order valence-electron chi connectivity index (χ1n) is 7.88. The van der Waals surface area contributed by atoms with Crippen molar-refractivity contribution in [2.24, 2.45) is 23.5 Å². The summed E-state index contributed by atoms with van der Waals surface area (Å²) in [5.41, 5.74) is 8.46. The fourth-order valence-electron chi connectivity index (χ4n) is 4.54. The lowest BCUT2D eigenvalue weighted by Crippen LogP contribution is -2.24. The summed E-state index contributed by atoms with van der Waals surface area (Å²) in [7, 11) is 0. The van der Waals surface area contributed by atoms with Gasteiger partial charge in [-0.2, -0.15) is 0 Å². The summed E-state index contributed by atoms with van der Waals surface area (Å²) < 4.78 is 0. The van der Waals surface area contributed by atoms with Crippen molar-refractivity contribution in [1.29, 1.82) is 0 Å². The van der Waals surface area contributed by atoms with Gasteiger partial charge in [-0.25, -0.2) is 9.97 Å². The molecule has 0 amide bonds. The first-order valence-corrected chi connectivity index (χ1v) is 7.88. The summed E-state index contributed by atoms with van der Waals surface area (Å²) in [6.45, 7) is 0.799. The highest BCUT2D eigenvalue weighted by Gasteiger charge is 2.41. The summed E-state index contributed by atoms with van der Waals surface area (Å²) >= 11 is 0. The second-order valence-corrected chi connectivity index (χ2v) is 6.83. The van der Waals surface area contributed by atoms with Gasteiger partial charge in [0.1, 0.15) is 5.82 Å². The van der Waals surface area contributed by atoms with Crippen molar-refractivity contribution in [1.82, 2.24) is 9.97 Å². The highest BCUT2D eigenvalue weighted by Crippen LogP contribution is 2.52. The molecular formula is C16H23N3. The Bertz CT molecular complexity index is 485. The van der Waals surface area contributed by atoms with Crippen molar-refractivity contribution in [2.75, 3.05) is 6.54 Å². The van der Waals surface area contributed by atoms with Crippen LogP contribution in [0.15, 0.2) is 6.20 Å². The van der Waals surface area contributed by atoms with E-state index >= 15 is 0 Å². The molecule has 3 heteroatoms. The second kappa shape index (κ2) is 4.55. The van der Waals surface area contributed by atoms with Crippen LogP contribution in [0.1, 0.15) is 55.1 Å². The predicted octanol–water partition coefficient (Wildman–Crippen LogP) is 2.44. The summed E-state index contributed by atoms with van der Waals surface area (Å²) in [6.07, 6.45) is 11.1. The minimum absolute atomic E-state index is 0.643. The zero-order valence-corrected chi connectivity index (χ0v) is 11.5. The monoisotopic (exact) mass is 257 g/mol. The van der Waals surface area contributed by atoms with Crippen LogP contribution in [-0.4, -0.2) is 16.5 Å². The highest BCUT2D eigenvalue weighted by atomic mass is 14.9. The van der Waals surface area contributed by atoms with Crippen molar-refractivity contribution in [2.45, 2.75) is 50.9 Å². The van der Waals surface area contributed by atoms with Gasteiger partial charge in [0.25, 0.3) is 0 Å². The number of hydrogen-bond acceptors (Lipinski definition) is 3. The molecule has 102 valence electrons. The van der Waals surface area contributed by atoms with Gasteiger partial charge in [0.15, 0.2) is 0 Å². The molecule has 2 bridgehead atoms. The Morgan fingerprint density at radius 3 is 2.89 bits per heavy atom. The fraction of sp³-hybridized carbons (Fsp3) is 0.750. The van der Waals surface area contributed by atoms with Crippen LogP contribution in [0, 0.1) is 17.8 Å². The lowest BCUT2D eigenvalue weighted by Gasteiger charge is -2.25. The fourth-order valence-corrected chi connectivity index (χ4v) is 4.54. The Balaban J connectivity index is 1.59. The van der Waals surface area contributed by atoms with Gasteiger partial charge in [-0.1, -0.05) is 6.42 Å². The van der Waals surface area contributed by atoms with Gasteiger partial charge in [-0.3, -0.25) is 0 Å². The molecule has 0 saturated heterocycles. The van der Waals surface area contributed by atoms with Crippen LogP contribution in [-0.2, 0) is 12.8 Å². The first kappa shape index (κ1) is 11.8. The van der Waals surface area contributed by atoms with Crippen LogP contribution in [0.3, 0.4) is 0 Å². The van der Waals surface area contributed by atoms with E-state index in [2.05, 4.69) is 6.20 Å². The van der Waals surface area contributed by atoms with E-state index in [1.165, 1.54) is 43.4 Å². The molecule has 4 atom stereocenters. The molecule has 2 fully saturated rings. The van der Waals surface area contributed by atoms with Crippen molar-refractivity contribution in [3.05, 3.63) is 23.3 Å². The summed E-state index contributed by atoms with van der Waals surface area (Å²) in [6, 6.07) is 0. The molecule has 0 aliphatic heterocycles. The minimum Gasteiger partial charge on any atom is -0.330 e. The van der Waals surface area contributed by atoms with E-state index < -0.39 is 0 Å². The first-order chi connectivity index (χ1) is 9.33. The number of nitrogens with zero attached hydrogens (tertiary/aromatic N) is 2. The molecule has 19 heavy (non-hydrogen) atoms. The molecule has 3 aliphatic carbocycles. The van der Waals surface area contributed by atoms with Crippen molar-refractivity contribution < 1.29 is 0 Å². The van der Waals surface area contributed by atoms with E-state index in [1.807, 2.05) is 0 Å². The number of hydrogen-bond donors (Lipinski definition) is 1. The third-order valence-electron chi connectivity index (χ3n) is 5.67. The number of nitrogens with two attached hydrogens (primary N) is 1. The lowest BCUT2D eigenvalue weighted by atomic mass is 9.86. The topological polar surface area (TPSA) is 51.8 Å². The molecule has 3 nitrogen and oxygen atoms in total. The van der Waals surface area contributed by atoms with Crippen molar-refractivity contribution in [3.8, 4) is 0 Å². The van der Waals surface area contributed by atoms with Crippen LogP contribution in [0.5, 0.6) is 0 Å². The number of aromatic nitrogens is 2. The molecule has 0 radical (unpaired) electrons. The van der Waals surface area contributed by atoms with Crippen molar-refractivity contribution in [3.63, 3.8) is 0 Å². The van der Waals surface area contributed by atoms with E-state index in [-0.39, 0.29) is 0 Å². The molecule has 2 saturated carbocycles. The summed E-state index contributed by atoms with van der Waals surface area (Å²) in [5, 5.41) is 0. The van der Waals surface area contributed by atoms with Crippen LogP contribution >= 0.6 is 0 Å². The van der Waals surface area contributed by atoms with E-state index in [0.717, 1.165) is 37.0 Å². The minimum atomic E-state index is 0.643. The van der Waals surface area contributed by atoms with Gasteiger partial charge in [-0.05, 0) is 68.4 Å². The molecule has 1 aromatic heterocycles. The van der Waals surface area contributed by atoms with Gasteiger partial charge in [0.05, 0.1) is 0 Å². The van der Waals surface area contributed by atoms with Gasteiger partial charge >= 0.3 is 0 Å². The quantitative estimate of drug-likeness (QED) is 0.885. The molecule has 1 heterocycles. The van der Waals surface area contributed by atoms with E-state index in [1.54, 1.807) is 0 Å². The number of aryl methyl sites for hydroxylation is 1. The SMILES string of the molecule is NCC1CCc2nc(C3CC4CCC3C4)ncc2C1. The maximum absolute atomic E-state index is 5.79. The number of fused-ring (bicyclic) bond motifs is 3. The molecule has 0 spiro atoms. The Hall–Kier alpha value is -0.960. The maximum Gasteiger partial charge on any atom is 0.131 e. The van der Waals surface area contributed by atoms with Crippen molar-refractivity contribution >= 4 is 0 Å². The van der Waals surface area contributed by atoms with Crippen LogP contribution < -0.4 is 5.73 Å². The third kappa shape index (κ3) is 1.99. The standard InChI is InChI=1S/C16H23N3/c17-8-11-2-4-15-13(6-11)9-18-16(19-15)14-7-10-1-3-12(14)5-10/h9-12,14H,1-8,17H2. The summed E-state index contributed by atoms with van der Waals surface area (Å²) in [5.74, 6) is 4.30. The maximum atomic E-state index is 5.79. The van der Waals surface area contributed by atoms with E-state index in [4.69, 9.17) is 15.7 Å². The van der Waals surface area contributed by atoms with Gasteiger partial charge < -0.3 is 5.73 Å². The van der Waals surface area contributed by atoms with E-state index in [0.29, 0.717) is 11.8 Å². The molecule has 2 N–H and O–H groups in total. The molecule has 4 unspecified atom stereocenters. The molecule has 0 aromatic carbocycles. The highest BCUT2D eigenvalue weighted by molar-refractivity contribution is 5.23.